The Morgan fingerprint density at radius 2 is 1.34 bits per heavy atom. The molecule has 0 spiro atoms. The minimum absolute atomic E-state index is 0.0500. The molecular formula is C30H29F3N2O6. The molecule has 3 aromatic carbocycles. The maximum Gasteiger partial charge on any atom is 0.416 e. The molecule has 3 N–H and O–H groups in total. The van der Waals surface area contributed by atoms with Gasteiger partial charge in [-0.05, 0) is 92.4 Å². The van der Waals surface area contributed by atoms with Gasteiger partial charge in [0, 0.05) is 24.2 Å². The van der Waals surface area contributed by atoms with Crippen LogP contribution in [0.3, 0.4) is 0 Å². The van der Waals surface area contributed by atoms with Crippen molar-refractivity contribution in [2.45, 2.75) is 38.0 Å². The minimum atomic E-state index is -4.44. The highest BCUT2D eigenvalue weighted by atomic mass is 19.4. The molecule has 41 heavy (non-hydrogen) atoms. The van der Waals surface area contributed by atoms with E-state index in [1.54, 1.807) is 42.5 Å². The molecule has 1 aliphatic carbocycles. The van der Waals surface area contributed by atoms with E-state index in [1.807, 2.05) is 0 Å². The molecule has 3 aromatic rings. The fourth-order valence-electron chi connectivity index (χ4n) is 4.41. The SMILES string of the molecule is O=C(NCCNC(=O)c1cccc(Oc2ccc(C(F)(F)F)cc2)c1)c1ccc(OC2CCC(C(=O)O)CC2)cc1. The zero-order valence-corrected chi connectivity index (χ0v) is 21.9. The molecule has 1 aliphatic rings. The van der Waals surface area contributed by atoms with Crippen molar-refractivity contribution in [3.8, 4) is 17.2 Å². The predicted octanol–water partition coefficient (Wildman–Crippen LogP) is 5.68. The van der Waals surface area contributed by atoms with Crippen LogP contribution in [0.5, 0.6) is 17.2 Å². The van der Waals surface area contributed by atoms with Crippen LogP contribution in [0.25, 0.3) is 0 Å². The quantitative estimate of drug-likeness (QED) is 0.270. The van der Waals surface area contributed by atoms with Crippen molar-refractivity contribution < 1.29 is 42.1 Å². The van der Waals surface area contributed by atoms with Crippen LogP contribution in [0.1, 0.15) is 52.0 Å². The first kappa shape index (κ1) is 29.4. The van der Waals surface area contributed by atoms with Crippen LogP contribution in [0.15, 0.2) is 72.8 Å². The number of carbonyl (C=O) groups is 3. The molecule has 8 nitrogen and oxygen atoms in total. The molecule has 0 unspecified atom stereocenters. The van der Waals surface area contributed by atoms with Crippen LogP contribution in [0.2, 0.25) is 0 Å². The van der Waals surface area contributed by atoms with Gasteiger partial charge in [0.15, 0.2) is 0 Å². The number of nitrogens with one attached hydrogen (secondary N) is 2. The second kappa shape index (κ2) is 13.2. The van der Waals surface area contributed by atoms with Crippen LogP contribution in [-0.4, -0.2) is 42.1 Å². The fourth-order valence-corrected chi connectivity index (χ4v) is 4.41. The summed E-state index contributed by atoms with van der Waals surface area (Å²) in [4.78, 5) is 36.1. The molecule has 0 bridgehead atoms. The molecule has 0 heterocycles. The van der Waals surface area contributed by atoms with Gasteiger partial charge in [-0.15, -0.1) is 0 Å². The van der Waals surface area contributed by atoms with Crippen molar-refractivity contribution in [3.05, 3.63) is 89.5 Å². The van der Waals surface area contributed by atoms with E-state index in [9.17, 15) is 27.6 Å². The molecule has 1 fully saturated rings. The second-order valence-corrected chi connectivity index (χ2v) is 9.62. The number of amides is 2. The Hall–Kier alpha value is -4.54. The van der Waals surface area contributed by atoms with E-state index < -0.39 is 23.6 Å². The first-order chi connectivity index (χ1) is 19.6. The van der Waals surface area contributed by atoms with Gasteiger partial charge in [-0.2, -0.15) is 13.2 Å². The van der Waals surface area contributed by atoms with Crippen LogP contribution in [0.4, 0.5) is 13.2 Å². The molecule has 0 aromatic heterocycles. The summed E-state index contributed by atoms with van der Waals surface area (Å²) >= 11 is 0. The highest BCUT2D eigenvalue weighted by molar-refractivity contribution is 5.95. The summed E-state index contributed by atoms with van der Waals surface area (Å²) in [6.45, 7) is 0.339. The maximum atomic E-state index is 12.7. The second-order valence-electron chi connectivity index (χ2n) is 9.62. The van der Waals surface area contributed by atoms with E-state index in [1.165, 1.54) is 18.2 Å². The predicted molar refractivity (Wildman–Crippen MR) is 143 cm³/mol. The number of carboxylic acid groups (broad SMARTS) is 1. The van der Waals surface area contributed by atoms with Crippen LogP contribution in [0, 0.1) is 5.92 Å². The Bertz CT molecular complexity index is 1350. The van der Waals surface area contributed by atoms with Crippen molar-refractivity contribution in [2.24, 2.45) is 5.92 Å². The van der Waals surface area contributed by atoms with Gasteiger partial charge in [-0.25, -0.2) is 0 Å². The molecular weight excluding hydrogens is 541 g/mol. The Morgan fingerprint density at radius 1 is 0.756 bits per heavy atom. The average molecular weight is 571 g/mol. The van der Waals surface area contributed by atoms with Gasteiger partial charge in [-0.3, -0.25) is 14.4 Å². The van der Waals surface area contributed by atoms with E-state index in [0.29, 0.717) is 37.0 Å². The number of rotatable bonds is 10. The summed E-state index contributed by atoms with van der Waals surface area (Å²) in [6, 6.07) is 17.1. The number of benzene rings is 3. The Labute approximate surface area is 234 Å². The fraction of sp³-hybridized carbons (Fsp3) is 0.300. The Kier molecular flexibility index (Phi) is 9.49. The van der Waals surface area contributed by atoms with E-state index in [2.05, 4.69) is 10.6 Å². The van der Waals surface area contributed by atoms with Gasteiger partial charge in [0.2, 0.25) is 0 Å². The first-order valence-electron chi connectivity index (χ1n) is 13.1. The van der Waals surface area contributed by atoms with Crippen molar-refractivity contribution in [1.29, 1.82) is 0 Å². The molecule has 2 amide bonds. The minimum Gasteiger partial charge on any atom is -0.490 e. The highest BCUT2D eigenvalue weighted by Crippen LogP contribution is 2.31. The lowest BCUT2D eigenvalue weighted by Gasteiger charge is -2.26. The van der Waals surface area contributed by atoms with Gasteiger partial charge in [-0.1, -0.05) is 6.07 Å². The highest BCUT2D eigenvalue weighted by Gasteiger charge is 2.30. The van der Waals surface area contributed by atoms with Crippen LogP contribution < -0.4 is 20.1 Å². The summed E-state index contributed by atoms with van der Waals surface area (Å²) in [5, 5.41) is 14.5. The monoisotopic (exact) mass is 570 g/mol. The smallest absolute Gasteiger partial charge is 0.416 e. The number of ether oxygens (including phenoxy) is 2. The van der Waals surface area contributed by atoms with Crippen molar-refractivity contribution in [3.63, 3.8) is 0 Å². The van der Waals surface area contributed by atoms with Gasteiger partial charge >= 0.3 is 12.1 Å². The number of alkyl halides is 3. The molecule has 1 saturated carbocycles. The largest absolute Gasteiger partial charge is 0.490 e. The van der Waals surface area contributed by atoms with Gasteiger partial charge in [0.1, 0.15) is 17.2 Å². The zero-order valence-electron chi connectivity index (χ0n) is 21.9. The summed E-state index contributed by atoms with van der Waals surface area (Å²) in [5.74, 6) is -0.720. The molecule has 0 aliphatic heterocycles. The number of hydrogen-bond acceptors (Lipinski definition) is 5. The van der Waals surface area contributed by atoms with E-state index in [4.69, 9.17) is 14.6 Å². The number of halogens is 3. The van der Waals surface area contributed by atoms with E-state index in [-0.39, 0.29) is 48.1 Å². The number of carboxylic acids is 1. The summed E-state index contributed by atoms with van der Waals surface area (Å²) < 4.78 is 49.7. The third-order valence-corrected chi connectivity index (χ3v) is 6.65. The van der Waals surface area contributed by atoms with Crippen molar-refractivity contribution in [2.75, 3.05) is 13.1 Å². The standard InChI is InChI=1S/C30H29F3N2O6/c31-30(32,33)22-8-14-25(15-9-22)41-26-3-1-2-21(18-26)28(37)35-17-16-34-27(36)19-4-10-23(11-5-19)40-24-12-6-20(7-13-24)29(38)39/h1-5,8-11,14-15,18,20,24H,6-7,12-13,16-17H2,(H,34,36)(H,35,37)(H,38,39). The van der Waals surface area contributed by atoms with Gasteiger partial charge < -0.3 is 25.2 Å². The van der Waals surface area contributed by atoms with E-state index >= 15 is 0 Å². The van der Waals surface area contributed by atoms with Crippen molar-refractivity contribution >= 4 is 17.8 Å². The summed E-state index contributed by atoms with van der Waals surface area (Å²) in [6.07, 6.45) is -1.99. The molecule has 216 valence electrons. The average Bonchev–Trinajstić information content (AvgIpc) is 2.96. The molecule has 0 saturated heterocycles. The van der Waals surface area contributed by atoms with Crippen LogP contribution in [-0.2, 0) is 11.0 Å². The molecule has 0 atom stereocenters. The third-order valence-electron chi connectivity index (χ3n) is 6.65. The Balaban J connectivity index is 1.19. The number of carbonyl (C=O) groups excluding carboxylic acids is 2. The zero-order chi connectivity index (χ0) is 29.4. The van der Waals surface area contributed by atoms with Gasteiger partial charge in [0.25, 0.3) is 11.8 Å². The lowest BCUT2D eigenvalue weighted by molar-refractivity contribution is -0.143. The Morgan fingerprint density at radius 3 is 1.93 bits per heavy atom. The van der Waals surface area contributed by atoms with E-state index in [0.717, 1.165) is 12.1 Å². The molecule has 11 heteroatoms. The normalized spacial score (nSPS) is 16.9. The van der Waals surface area contributed by atoms with Crippen LogP contribution >= 0.6 is 0 Å². The molecule has 4 rings (SSSR count). The maximum absolute atomic E-state index is 12.7. The topological polar surface area (TPSA) is 114 Å². The first-order valence-corrected chi connectivity index (χ1v) is 13.1. The summed E-state index contributed by atoms with van der Waals surface area (Å²) in [5.41, 5.74) is -0.0800. The number of hydrogen-bond donors (Lipinski definition) is 3. The lowest BCUT2D eigenvalue weighted by Crippen LogP contribution is -2.34. The third kappa shape index (κ3) is 8.47. The van der Waals surface area contributed by atoms with Gasteiger partial charge in [0.05, 0.1) is 17.6 Å². The van der Waals surface area contributed by atoms with Crippen molar-refractivity contribution in [1.82, 2.24) is 10.6 Å². The molecule has 0 radical (unpaired) electrons. The number of aliphatic carboxylic acids is 1. The lowest BCUT2D eigenvalue weighted by atomic mass is 9.87. The summed E-state index contributed by atoms with van der Waals surface area (Å²) in [7, 11) is 0.